The normalized spacial score (nSPS) is 10.9. The molecule has 0 unspecified atom stereocenters. The molecule has 0 bridgehead atoms. The van der Waals surface area contributed by atoms with Gasteiger partial charge in [-0.3, -0.25) is 9.67 Å². The van der Waals surface area contributed by atoms with E-state index in [0.717, 1.165) is 33.7 Å². The van der Waals surface area contributed by atoms with E-state index in [9.17, 15) is 0 Å². The Kier molecular flexibility index (Phi) is 3.56. The minimum atomic E-state index is 0.716. The highest BCUT2D eigenvalue weighted by atomic mass is 35.5. The third-order valence-corrected chi connectivity index (χ3v) is 3.54. The number of halogens is 1. The lowest BCUT2D eigenvalue weighted by molar-refractivity contribution is 0.659. The van der Waals surface area contributed by atoms with Crippen molar-refractivity contribution in [1.29, 1.82) is 0 Å². The molecule has 0 aliphatic carbocycles. The highest BCUT2D eigenvalue weighted by Crippen LogP contribution is 2.28. The van der Waals surface area contributed by atoms with Crippen LogP contribution in [0.4, 0.5) is 5.69 Å². The smallest absolute Gasteiger partial charge is 0.0948 e. The van der Waals surface area contributed by atoms with Gasteiger partial charge in [-0.1, -0.05) is 11.6 Å². The highest BCUT2D eigenvalue weighted by Gasteiger charge is 2.05. The van der Waals surface area contributed by atoms with Crippen molar-refractivity contribution in [1.82, 2.24) is 14.8 Å². The summed E-state index contributed by atoms with van der Waals surface area (Å²) in [5, 5.41) is 9.34. The van der Waals surface area contributed by atoms with Crippen LogP contribution in [0.3, 0.4) is 0 Å². The monoisotopic (exact) mass is 286 g/mol. The Balaban J connectivity index is 1.86. The molecule has 0 amide bonds. The Morgan fingerprint density at radius 2 is 2.20 bits per heavy atom. The maximum atomic E-state index is 6.19. The van der Waals surface area contributed by atoms with Gasteiger partial charge in [0.25, 0.3) is 0 Å². The first-order valence-electron chi connectivity index (χ1n) is 6.56. The van der Waals surface area contributed by atoms with E-state index in [2.05, 4.69) is 22.3 Å². The fraction of sp³-hybridized carbons (Fsp3) is 0.200. The van der Waals surface area contributed by atoms with Gasteiger partial charge in [-0.2, -0.15) is 5.10 Å². The van der Waals surface area contributed by atoms with Crippen LogP contribution in [0.15, 0.2) is 42.9 Å². The topological polar surface area (TPSA) is 42.7 Å². The molecule has 3 aromatic rings. The second-order valence-electron chi connectivity index (χ2n) is 4.55. The maximum absolute atomic E-state index is 6.19. The summed E-state index contributed by atoms with van der Waals surface area (Å²) >= 11 is 6.19. The van der Waals surface area contributed by atoms with Gasteiger partial charge in [-0.15, -0.1) is 0 Å². The molecule has 0 aliphatic heterocycles. The van der Waals surface area contributed by atoms with Crippen LogP contribution in [-0.4, -0.2) is 14.8 Å². The molecule has 2 aromatic heterocycles. The van der Waals surface area contributed by atoms with E-state index in [1.165, 1.54) is 0 Å². The molecule has 1 N–H and O–H groups in total. The Morgan fingerprint density at radius 3 is 3.00 bits per heavy atom. The van der Waals surface area contributed by atoms with Crippen LogP contribution in [0, 0.1) is 0 Å². The number of rotatable bonds is 4. The molecule has 1 aromatic carbocycles. The van der Waals surface area contributed by atoms with Gasteiger partial charge >= 0.3 is 0 Å². The second kappa shape index (κ2) is 5.51. The Bertz CT molecular complexity index is 736. The summed E-state index contributed by atoms with van der Waals surface area (Å²) < 4.78 is 1.91. The average Bonchev–Trinajstić information content (AvgIpc) is 2.95. The van der Waals surface area contributed by atoms with E-state index in [0.29, 0.717) is 6.54 Å². The van der Waals surface area contributed by atoms with Crippen LogP contribution in [0.25, 0.3) is 10.9 Å². The van der Waals surface area contributed by atoms with Crippen molar-refractivity contribution in [2.45, 2.75) is 20.0 Å². The van der Waals surface area contributed by atoms with Crippen LogP contribution < -0.4 is 5.32 Å². The zero-order valence-corrected chi connectivity index (χ0v) is 11.9. The van der Waals surface area contributed by atoms with E-state index in [4.69, 9.17) is 11.6 Å². The Labute approximate surface area is 122 Å². The van der Waals surface area contributed by atoms with E-state index in [1.807, 2.05) is 41.3 Å². The van der Waals surface area contributed by atoms with Gasteiger partial charge < -0.3 is 5.32 Å². The average molecular weight is 287 g/mol. The molecule has 2 heterocycles. The predicted octanol–water partition coefficient (Wildman–Crippen LogP) is 3.72. The summed E-state index contributed by atoms with van der Waals surface area (Å²) in [4.78, 5) is 4.41. The molecule has 102 valence electrons. The molecule has 4 nitrogen and oxygen atoms in total. The van der Waals surface area contributed by atoms with Crippen molar-refractivity contribution in [3.05, 3.63) is 53.4 Å². The molecule has 20 heavy (non-hydrogen) atoms. The third-order valence-electron chi connectivity index (χ3n) is 3.21. The number of nitrogens with one attached hydrogen (secondary N) is 1. The van der Waals surface area contributed by atoms with E-state index >= 15 is 0 Å². The number of fused-ring (bicyclic) bond motifs is 1. The molecule has 0 aliphatic rings. The molecule has 0 radical (unpaired) electrons. The lowest BCUT2D eigenvalue weighted by Crippen LogP contribution is -2.00. The molecule has 5 heteroatoms. The Hall–Kier alpha value is -2.07. The zero-order valence-electron chi connectivity index (χ0n) is 11.2. The second-order valence-corrected chi connectivity index (χ2v) is 4.96. The van der Waals surface area contributed by atoms with E-state index in [1.54, 1.807) is 6.20 Å². The van der Waals surface area contributed by atoms with Crippen molar-refractivity contribution < 1.29 is 0 Å². The Morgan fingerprint density at radius 1 is 1.30 bits per heavy atom. The number of benzene rings is 1. The molecule has 0 saturated carbocycles. The largest absolute Gasteiger partial charge is 0.379 e. The summed E-state index contributed by atoms with van der Waals surface area (Å²) in [7, 11) is 0. The van der Waals surface area contributed by atoms with Crippen molar-refractivity contribution in [2.75, 3.05) is 5.32 Å². The third kappa shape index (κ3) is 2.47. The maximum Gasteiger partial charge on any atom is 0.0948 e. The molecular weight excluding hydrogens is 272 g/mol. The number of pyridine rings is 1. The van der Waals surface area contributed by atoms with E-state index < -0.39 is 0 Å². The molecule has 0 fully saturated rings. The lowest BCUT2D eigenvalue weighted by Gasteiger charge is -2.09. The van der Waals surface area contributed by atoms with Crippen molar-refractivity contribution in [2.24, 2.45) is 0 Å². The first-order chi connectivity index (χ1) is 9.78. The number of anilines is 1. The SMILES string of the molecule is CCn1cc(CNc2ccc(Cl)c3cccnc23)cn1. The molecule has 0 atom stereocenters. The first-order valence-corrected chi connectivity index (χ1v) is 6.94. The summed E-state index contributed by atoms with van der Waals surface area (Å²) in [5.41, 5.74) is 3.02. The van der Waals surface area contributed by atoms with Crippen molar-refractivity contribution in [3.63, 3.8) is 0 Å². The van der Waals surface area contributed by atoms with Gasteiger partial charge in [0.1, 0.15) is 0 Å². The van der Waals surface area contributed by atoms with Gasteiger partial charge in [-0.25, -0.2) is 0 Å². The minimum absolute atomic E-state index is 0.716. The summed E-state index contributed by atoms with van der Waals surface area (Å²) in [6.07, 6.45) is 5.69. The molecular formula is C15H15ClN4. The van der Waals surface area contributed by atoms with Crippen LogP contribution >= 0.6 is 11.6 Å². The number of aromatic nitrogens is 3. The van der Waals surface area contributed by atoms with Gasteiger partial charge in [0, 0.05) is 36.4 Å². The quantitative estimate of drug-likeness (QED) is 0.795. The van der Waals surface area contributed by atoms with Crippen LogP contribution in [0.2, 0.25) is 5.02 Å². The summed E-state index contributed by atoms with van der Waals surface area (Å²) in [6, 6.07) is 7.72. The number of hydrogen-bond donors (Lipinski definition) is 1. The summed E-state index contributed by atoms with van der Waals surface area (Å²) in [5.74, 6) is 0. The van der Waals surface area contributed by atoms with Crippen molar-refractivity contribution in [3.8, 4) is 0 Å². The van der Waals surface area contributed by atoms with Crippen LogP contribution in [0.5, 0.6) is 0 Å². The van der Waals surface area contributed by atoms with Crippen molar-refractivity contribution >= 4 is 28.2 Å². The zero-order chi connectivity index (χ0) is 13.9. The summed E-state index contributed by atoms with van der Waals surface area (Å²) in [6.45, 7) is 3.67. The minimum Gasteiger partial charge on any atom is -0.379 e. The van der Waals surface area contributed by atoms with Gasteiger partial charge in [-0.05, 0) is 31.2 Å². The van der Waals surface area contributed by atoms with Crippen LogP contribution in [-0.2, 0) is 13.1 Å². The number of hydrogen-bond acceptors (Lipinski definition) is 3. The fourth-order valence-corrected chi connectivity index (χ4v) is 2.36. The number of aryl methyl sites for hydroxylation is 1. The highest BCUT2D eigenvalue weighted by molar-refractivity contribution is 6.35. The molecule has 0 saturated heterocycles. The lowest BCUT2D eigenvalue weighted by atomic mass is 10.2. The number of nitrogens with zero attached hydrogens (tertiary/aromatic N) is 3. The molecule has 0 spiro atoms. The molecule has 3 rings (SSSR count). The predicted molar refractivity (Wildman–Crippen MR) is 82.0 cm³/mol. The first kappa shape index (κ1) is 12.9. The fourth-order valence-electron chi connectivity index (χ4n) is 2.15. The van der Waals surface area contributed by atoms with Gasteiger partial charge in [0.15, 0.2) is 0 Å². The van der Waals surface area contributed by atoms with Crippen LogP contribution in [0.1, 0.15) is 12.5 Å². The van der Waals surface area contributed by atoms with Gasteiger partial charge in [0.2, 0.25) is 0 Å². The van der Waals surface area contributed by atoms with E-state index in [-0.39, 0.29) is 0 Å². The van der Waals surface area contributed by atoms with Gasteiger partial charge in [0.05, 0.1) is 22.4 Å². The standard InChI is InChI=1S/C15H15ClN4/c1-2-20-10-11(9-19-20)8-18-14-6-5-13(16)12-4-3-7-17-15(12)14/h3-7,9-10,18H,2,8H2,1H3.